The third-order valence-corrected chi connectivity index (χ3v) is 9.23. The van der Waals surface area contributed by atoms with Gasteiger partial charge in [0.15, 0.2) is 0 Å². The molecule has 15 nitrogen and oxygen atoms in total. The first-order valence-electron chi connectivity index (χ1n) is 20.3. The molecule has 6 rings (SSSR count). The minimum Gasteiger partial charge on any atom is -0.508 e. The highest BCUT2D eigenvalue weighted by Gasteiger charge is 2.29. The Bertz CT molecular complexity index is 2530. The van der Waals surface area contributed by atoms with Gasteiger partial charge in [-0.25, -0.2) is 24.0 Å². The molecule has 2 aromatic heterocycles. The highest BCUT2D eigenvalue weighted by atomic mass is 16.6. The van der Waals surface area contributed by atoms with Crippen LogP contribution in [0.4, 0.5) is 14.4 Å². The first kappa shape index (κ1) is 46.8. The Hall–Kier alpha value is -7.29. The molecule has 5 N–H and O–H groups in total. The van der Waals surface area contributed by atoms with Crippen LogP contribution in [0.2, 0.25) is 0 Å². The second-order valence-corrected chi connectivity index (χ2v) is 16.9. The molecule has 2 atom stereocenters. The van der Waals surface area contributed by atoms with Crippen molar-refractivity contribution in [2.75, 3.05) is 0 Å². The normalized spacial score (nSPS) is 12.3. The van der Waals surface area contributed by atoms with E-state index in [2.05, 4.69) is 15.6 Å². The molecule has 0 bridgehead atoms. The summed E-state index contributed by atoms with van der Waals surface area (Å²) in [4.78, 5) is 65.1. The van der Waals surface area contributed by atoms with Crippen LogP contribution in [0.15, 0.2) is 109 Å². The summed E-state index contributed by atoms with van der Waals surface area (Å²) in [7, 11) is 0. The number of aliphatic carboxylic acids is 1. The third-order valence-electron chi connectivity index (χ3n) is 9.23. The maximum absolute atomic E-state index is 13.2. The van der Waals surface area contributed by atoms with Gasteiger partial charge < -0.3 is 44.8 Å². The number of aryl methyl sites for hydroxylation is 1. The molecule has 0 aliphatic carbocycles. The largest absolute Gasteiger partial charge is 0.508 e. The molecule has 0 saturated carbocycles. The summed E-state index contributed by atoms with van der Waals surface area (Å²) in [5.41, 5.74) is 3.92. The van der Waals surface area contributed by atoms with Crippen molar-refractivity contribution in [2.24, 2.45) is 0 Å². The van der Waals surface area contributed by atoms with Gasteiger partial charge in [0.1, 0.15) is 42.2 Å². The van der Waals surface area contributed by atoms with E-state index in [1.807, 2.05) is 85.8 Å². The second-order valence-electron chi connectivity index (χ2n) is 16.9. The SMILES string of the molecule is CC(C)(C)OC(=O)N[C@@H](Cc1c[nH]c2cc(O)ccc12)C(=O)O.Cc1ccc2c(C[C@H](NC(=O)OC(C)(C)C)C(=O)OCc3ccccc3)cn(C(=O)OCc3ccccc3)c2c1. The van der Waals surface area contributed by atoms with Crippen LogP contribution in [0.25, 0.3) is 21.8 Å². The van der Waals surface area contributed by atoms with E-state index in [0.717, 1.165) is 33.0 Å². The van der Waals surface area contributed by atoms with E-state index in [9.17, 15) is 34.2 Å². The van der Waals surface area contributed by atoms with Gasteiger partial charge >= 0.3 is 30.2 Å². The lowest BCUT2D eigenvalue weighted by Gasteiger charge is -2.23. The molecule has 0 fully saturated rings. The van der Waals surface area contributed by atoms with Gasteiger partial charge in [0.2, 0.25) is 0 Å². The molecular formula is C48H54N4O11. The monoisotopic (exact) mass is 862 g/mol. The third kappa shape index (κ3) is 14.1. The molecule has 15 heteroatoms. The van der Waals surface area contributed by atoms with Crippen molar-refractivity contribution < 1.29 is 53.1 Å². The summed E-state index contributed by atoms with van der Waals surface area (Å²) < 4.78 is 23.1. The number of fused-ring (bicyclic) bond motifs is 2. The highest BCUT2D eigenvalue weighted by Crippen LogP contribution is 2.26. The van der Waals surface area contributed by atoms with Crippen LogP contribution < -0.4 is 10.6 Å². The van der Waals surface area contributed by atoms with E-state index in [4.69, 9.17) is 18.9 Å². The van der Waals surface area contributed by atoms with Crippen LogP contribution in [0, 0.1) is 6.92 Å². The number of esters is 1. The van der Waals surface area contributed by atoms with Gasteiger partial charge in [-0.15, -0.1) is 0 Å². The van der Waals surface area contributed by atoms with Crippen LogP contribution in [-0.4, -0.2) is 73.3 Å². The number of aromatic hydroxyl groups is 1. The van der Waals surface area contributed by atoms with Crippen molar-refractivity contribution in [1.82, 2.24) is 20.2 Å². The van der Waals surface area contributed by atoms with E-state index in [1.165, 1.54) is 10.6 Å². The van der Waals surface area contributed by atoms with Crippen LogP contribution in [0.5, 0.6) is 5.75 Å². The zero-order valence-electron chi connectivity index (χ0n) is 36.4. The molecule has 0 unspecified atom stereocenters. The zero-order valence-corrected chi connectivity index (χ0v) is 36.4. The Morgan fingerprint density at radius 1 is 0.683 bits per heavy atom. The van der Waals surface area contributed by atoms with Gasteiger partial charge in [-0.05, 0) is 94.5 Å². The Labute approximate surface area is 365 Å². The van der Waals surface area contributed by atoms with Gasteiger partial charge in [0, 0.05) is 47.6 Å². The lowest BCUT2D eigenvalue weighted by atomic mass is 10.0. The molecule has 0 radical (unpaired) electrons. The number of H-pyrrole nitrogens is 1. The lowest BCUT2D eigenvalue weighted by Crippen LogP contribution is -2.45. The van der Waals surface area contributed by atoms with Gasteiger partial charge in [0.25, 0.3) is 0 Å². The predicted octanol–water partition coefficient (Wildman–Crippen LogP) is 8.71. The number of hydrogen-bond donors (Lipinski definition) is 5. The molecule has 0 saturated heterocycles. The lowest BCUT2D eigenvalue weighted by molar-refractivity contribution is -0.147. The molecule has 2 amide bonds. The van der Waals surface area contributed by atoms with E-state index >= 15 is 0 Å². The Kier molecular flexibility index (Phi) is 15.2. The number of phenols is 1. The molecule has 2 heterocycles. The Morgan fingerprint density at radius 3 is 1.79 bits per heavy atom. The number of alkyl carbamates (subject to hydrolysis) is 2. The van der Waals surface area contributed by atoms with E-state index < -0.39 is 53.5 Å². The number of hydrogen-bond acceptors (Lipinski definition) is 10. The maximum atomic E-state index is 13.2. The van der Waals surface area contributed by atoms with Crippen LogP contribution in [-0.2, 0) is 54.6 Å². The summed E-state index contributed by atoms with van der Waals surface area (Å²) in [5, 5.41) is 25.3. The predicted molar refractivity (Wildman–Crippen MR) is 236 cm³/mol. The average molecular weight is 863 g/mol. The fraction of sp³-hybridized carbons (Fsp3) is 0.312. The second kappa shape index (κ2) is 20.5. The van der Waals surface area contributed by atoms with Crippen molar-refractivity contribution in [2.45, 2.75) is 97.8 Å². The Balaban J connectivity index is 0.000000276. The van der Waals surface area contributed by atoms with Crippen LogP contribution in [0.1, 0.15) is 69.4 Å². The number of aromatic amines is 1. The number of carbonyl (C=O) groups excluding carboxylic acids is 4. The molecular weight excluding hydrogens is 809 g/mol. The number of benzene rings is 4. The number of carbonyl (C=O) groups is 5. The summed E-state index contributed by atoms with van der Waals surface area (Å²) in [6.45, 7) is 12.4. The molecule has 332 valence electrons. The summed E-state index contributed by atoms with van der Waals surface area (Å²) >= 11 is 0. The van der Waals surface area contributed by atoms with E-state index in [1.54, 1.807) is 66.1 Å². The number of nitrogens with one attached hydrogen (secondary N) is 3. The van der Waals surface area contributed by atoms with Crippen molar-refractivity contribution in [1.29, 1.82) is 0 Å². The molecule has 6 aromatic rings. The minimum atomic E-state index is -1.15. The fourth-order valence-corrected chi connectivity index (χ4v) is 6.42. The van der Waals surface area contributed by atoms with Gasteiger partial charge in [-0.3, -0.25) is 4.57 Å². The Morgan fingerprint density at radius 2 is 1.22 bits per heavy atom. The number of carboxylic acid groups (broad SMARTS) is 1. The highest BCUT2D eigenvalue weighted by molar-refractivity contribution is 5.93. The smallest absolute Gasteiger partial charge is 0.418 e. The van der Waals surface area contributed by atoms with E-state index in [0.29, 0.717) is 16.6 Å². The first-order chi connectivity index (χ1) is 29.7. The molecule has 0 spiro atoms. The minimum absolute atomic E-state index is 0.0545. The number of amides is 2. The maximum Gasteiger partial charge on any atom is 0.418 e. The number of carboxylic acids is 1. The summed E-state index contributed by atoms with van der Waals surface area (Å²) in [6, 6.07) is 27.0. The van der Waals surface area contributed by atoms with Crippen LogP contribution >= 0.6 is 0 Å². The summed E-state index contributed by atoms with van der Waals surface area (Å²) in [6.07, 6.45) is 1.42. The van der Waals surface area contributed by atoms with Crippen molar-refractivity contribution >= 4 is 52.0 Å². The standard InChI is InChI=1S/C32H34N2O6.C16H20N2O5/c1-22-15-16-26-25(19-34(28(26)17-22)31(37)39-21-24-13-9-6-10-14-24)18-27(33-30(36)40-32(2,3)4)29(35)38-20-23-11-7-5-8-12-23;1-16(2,3)23-15(22)18-13(14(20)21)6-9-8-17-12-7-10(19)4-5-11(9)12/h5-17,19,27H,18,20-21H2,1-4H3,(H,33,36);4-5,7-8,13,17,19H,6H2,1-3H3,(H,18,22)(H,20,21)/t27-;13-/m00/s1. The quantitative estimate of drug-likeness (QED) is 0.0581. The van der Waals surface area contributed by atoms with Crippen molar-refractivity contribution in [3.63, 3.8) is 0 Å². The van der Waals surface area contributed by atoms with E-state index in [-0.39, 0.29) is 31.8 Å². The molecule has 0 aliphatic rings. The average Bonchev–Trinajstić information content (AvgIpc) is 3.77. The topological polar surface area (TPSA) is 208 Å². The zero-order chi connectivity index (χ0) is 45.9. The first-order valence-corrected chi connectivity index (χ1v) is 20.3. The number of nitrogens with zero attached hydrogens (tertiary/aromatic N) is 1. The van der Waals surface area contributed by atoms with Gasteiger partial charge in [-0.2, -0.15) is 0 Å². The van der Waals surface area contributed by atoms with Crippen LogP contribution in [0.3, 0.4) is 0 Å². The molecule has 4 aromatic carbocycles. The number of aromatic nitrogens is 2. The molecule has 0 aliphatic heterocycles. The van der Waals surface area contributed by atoms with Gasteiger partial charge in [0.05, 0.1) is 5.52 Å². The number of rotatable bonds is 12. The molecule has 63 heavy (non-hydrogen) atoms. The summed E-state index contributed by atoms with van der Waals surface area (Å²) in [5.74, 6) is -1.65. The fourth-order valence-electron chi connectivity index (χ4n) is 6.42. The van der Waals surface area contributed by atoms with Crippen molar-refractivity contribution in [3.05, 3.63) is 137 Å². The van der Waals surface area contributed by atoms with Gasteiger partial charge in [-0.1, -0.05) is 72.8 Å². The number of phenolic OH excluding ortho intramolecular Hbond substituents is 1. The van der Waals surface area contributed by atoms with Crippen molar-refractivity contribution in [3.8, 4) is 5.75 Å². The number of ether oxygens (including phenoxy) is 4.